The average molecular weight is 159 g/mol. The summed E-state index contributed by atoms with van der Waals surface area (Å²) in [4.78, 5) is 11.1. The zero-order valence-electron chi connectivity index (χ0n) is 6.78. The summed E-state index contributed by atoms with van der Waals surface area (Å²) in [7, 11) is 0. The van der Waals surface area contributed by atoms with Crippen LogP contribution in [-0.4, -0.2) is 15.0 Å². The molecule has 0 aliphatic heterocycles. The zero-order valence-corrected chi connectivity index (χ0v) is 6.78. The summed E-state index contributed by atoms with van der Waals surface area (Å²) in [6.45, 7) is 2.02. The van der Waals surface area contributed by atoms with Crippen LogP contribution in [0.15, 0.2) is 31.0 Å². The van der Waals surface area contributed by atoms with Crippen molar-refractivity contribution in [3.63, 3.8) is 0 Å². The van der Waals surface area contributed by atoms with Crippen molar-refractivity contribution in [3.05, 3.63) is 36.5 Å². The van der Waals surface area contributed by atoms with Gasteiger partial charge in [0.15, 0.2) is 0 Å². The smallest absolute Gasteiger partial charge is 0.0924 e. The van der Waals surface area contributed by atoms with E-state index in [0.717, 1.165) is 16.8 Å². The van der Waals surface area contributed by atoms with Gasteiger partial charge in [0, 0.05) is 18.0 Å². The van der Waals surface area contributed by atoms with Crippen LogP contribution in [0.25, 0.3) is 11.3 Å². The lowest BCUT2D eigenvalue weighted by molar-refractivity contribution is 1.25. The quantitative estimate of drug-likeness (QED) is 0.689. The Morgan fingerprint density at radius 2 is 2.08 bits per heavy atom. The van der Waals surface area contributed by atoms with Crippen molar-refractivity contribution in [2.75, 3.05) is 0 Å². The number of imidazole rings is 1. The van der Waals surface area contributed by atoms with Gasteiger partial charge in [-0.25, -0.2) is 4.98 Å². The monoisotopic (exact) mass is 159 g/mol. The van der Waals surface area contributed by atoms with E-state index in [9.17, 15) is 0 Å². The third-order valence-electron chi connectivity index (χ3n) is 1.68. The van der Waals surface area contributed by atoms with Gasteiger partial charge in [0.2, 0.25) is 0 Å². The van der Waals surface area contributed by atoms with Crippen molar-refractivity contribution in [2.24, 2.45) is 0 Å². The molecule has 1 N–H and O–H groups in total. The average Bonchev–Trinajstić information content (AvgIpc) is 2.56. The lowest BCUT2D eigenvalue weighted by Crippen LogP contribution is -1.81. The van der Waals surface area contributed by atoms with Crippen molar-refractivity contribution in [2.45, 2.75) is 6.92 Å². The first-order valence-corrected chi connectivity index (χ1v) is 3.76. The Hall–Kier alpha value is -1.64. The second-order valence-corrected chi connectivity index (χ2v) is 2.72. The zero-order chi connectivity index (χ0) is 8.39. The van der Waals surface area contributed by atoms with Crippen molar-refractivity contribution in [1.82, 2.24) is 15.0 Å². The molecule has 12 heavy (non-hydrogen) atoms. The van der Waals surface area contributed by atoms with E-state index in [2.05, 4.69) is 21.0 Å². The van der Waals surface area contributed by atoms with Gasteiger partial charge in [-0.1, -0.05) is 0 Å². The van der Waals surface area contributed by atoms with Gasteiger partial charge in [-0.3, -0.25) is 4.98 Å². The van der Waals surface area contributed by atoms with Crippen LogP contribution in [0, 0.1) is 6.92 Å². The molecular formula is C9H9N3. The number of H-pyrrole nitrogens is 1. The molecule has 2 heterocycles. The van der Waals surface area contributed by atoms with Crippen LogP contribution in [0.1, 0.15) is 5.56 Å². The molecule has 0 bridgehead atoms. The van der Waals surface area contributed by atoms with Crippen LogP contribution in [-0.2, 0) is 0 Å². The molecule has 0 amide bonds. The van der Waals surface area contributed by atoms with Crippen molar-refractivity contribution in [1.29, 1.82) is 0 Å². The molecule has 2 aromatic rings. The lowest BCUT2D eigenvalue weighted by Gasteiger charge is -1.96. The third kappa shape index (κ3) is 1.21. The first-order valence-electron chi connectivity index (χ1n) is 3.76. The summed E-state index contributed by atoms with van der Waals surface area (Å²) in [5, 5.41) is 0. The van der Waals surface area contributed by atoms with Gasteiger partial charge in [0.25, 0.3) is 0 Å². The number of aromatic nitrogens is 3. The molecule has 0 atom stereocenters. The van der Waals surface area contributed by atoms with Gasteiger partial charge in [-0.15, -0.1) is 0 Å². The summed E-state index contributed by atoms with van der Waals surface area (Å²) in [5.74, 6) is 0. The van der Waals surface area contributed by atoms with Crippen LogP contribution in [0.2, 0.25) is 0 Å². The fourth-order valence-corrected chi connectivity index (χ4v) is 1.12. The molecule has 3 nitrogen and oxygen atoms in total. The van der Waals surface area contributed by atoms with Gasteiger partial charge >= 0.3 is 0 Å². The molecule has 0 aliphatic carbocycles. The molecule has 0 radical (unpaired) electrons. The Labute approximate surface area is 70.5 Å². The second kappa shape index (κ2) is 2.77. The fourth-order valence-electron chi connectivity index (χ4n) is 1.12. The highest BCUT2D eigenvalue weighted by Crippen LogP contribution is 2.14. The number of nitrogens with zero attached hydrogens (tertiary/aromatic N) is 2. The molecule has 60 valence electrons. The number of nitrogens with one attached hydrogen (secondary N) is 1. The lowest BCUT2D eigenvalue weighted by atomic mass is 10.2. The topological polar surface area (TPSA) is 41.6 Å². The largest absolute Gasteiger partial charge is 0.345 e. The minimum Gasteiger partial charge on any atom is -0.345 e. The Morgan fingerprint density at radius 3 is 2.75 bits per heavy atom. The Kier molecular flexibility index (Phi) is 1.63. The summed E-state index contributed by atoms with van der Waals surface area (Å²) >= 11 is 0. The van der Waals surface area contributed by atoms with E-state index in [1.165, 1.54) is 0 Å². The molecule has 0 spiro atoms. The van der Waals surface area contributed by atoms with E-state index in [4.69, 9.17) is 0 Å². The van der Waals surface area contributed by atoms with E-state index in [1.54, 1.807) is 12.5 Å². The summed E-state index contributed by atoms with van der Waals surface area (Å²) in [5.41, 5.74) is 3.24. The van der Waals surface area contributed by atoms with Crippen LogP contribution < -0.4 is 0 Å². The maximum atomic E-state index is 4.09. The Morgan fingerprint density at radius 1 is 1.17 bits per heavy atom. The Bertz CT molecular complexity index is 365. The van der Waals surface area contributed by atoms with E-state index in [0.29, 0.717) is 0 Å². The summed E-state index contributed by atoms with van der Waals surface area (Å²) in [6.07, 6.45) is 7.11. The third-order valence-corrected chi connectivity index (χ3v) is 1.68. The molecule has 0 aromatic carbocycles. The van der Waals surface area contributed by atoms with E-state index in [1.807, 2.05) is 19.3 Å². The van der Waals surface area contributed by atoms with Crippen LogP contribution in [0.4, 0.5) is 0 Å². The van der Waals surface area contributed by atoms with E-state index in [-0.39, 0.29) is 0 Å². The minimum atomic E-state index is 1.01. The molecule has 0 unspecified atom stereocenters. The van der Waals surface area contributed by atoms with Gasteiger partial charge in [-0.2, -0.15) is 0 Å². The maximum absolute atomic E-state index is 4.09. The highest BCUT2D eigenvalue weighted by atomic mass is 14.9. The standard InChI is InChI=1S/C9H9N3/c1-7-2-8(4-10-3-7)9-5-11-6-12-9/h2-6H,1H3,(H,11,12). The second-order valence-electron chi connectivity index (χ2n) is 2.72. The van der Waals surface area contributed by atoms with Crippen molar-refractivity contribution < 1.29 is 0 Å². The molecule has 0 aliphatic rings. The molecule has 0 saturated carbocycles. The number of hydrogen-bond acceptors (Lipinski definition) is 2. The normalized spacial score (nSPS) is 10.1. The van der Waals surface area contributed by atoms with E-state index < -0.39 is 0 Å². The number of aryl methyl sites for hydroxylation is 1. The van der Waals surface area contributed by atoms with Gasteiger partial charge < -0.3 is 4.98 Å². The number of hydrogen-bond donors (Lipinski definition) is 1. The van der Waals surface area contributed by atoms with Gasteiger partial charge in [-0.05, 0) is 18.6 Å². The molecule has 0 saturated heterocycles. The first-order chi connectivity index (χ1) is 5.86. The minimum absolute atomic E-state index is 1.01. The highest BCUT2D eigenvalue weighted by molar-refractivity contribution is 5.57. The number of pyridine rings is 1. The van der Waals surface area contributed by atoms with Crippen LogP contribution in [0.3, 0.4) is 0 Å². The predicted octanol–water partition coefficient (Wildman–Crippen LogP) is 1.78. The van der Waals surface area contributed by atoms with Crippen molar-refractivity contribution in [3.8, 4) is 11.3 Å². The number of rotatable bonds is 1. The van der Waals surface area contributed by atoms with Crippen LogP contribution >= 0.6 is 0 Å². The maximum Gasteiger partial charge on any atom is 0.0924 e. The highest BCUT2D eigenvalue weighted by Gasteiger charge is 1.97. The molecule has 2 rings (SSSR count). The summed E-state index contributed by atoms with van der Waals surface area (Å²) in [6, 6.07) is 2.07. The number of aromatic amines is 1. The first kappa shape index (κ1) is 7.03. The predicted molar refractivity (Wildman–Crippen MR) is 46.6 cm³/mol. The van der Waals surface area contributed by atoms with Crippen molar-refractivity contribution >= 4 is 0 Å². The van der Waals surface area contributed by atoms with Gasteiger partial charge in [0.05, 0.1) is 18.2 Å². The molecule has 2 aromatic heterocycles. The van der Waals surface area contributed by atoms with Crippen LogP contribution in [0.5, 0.6) is 0 Å². The van der Waals surface area contributed by atoms with E-state index >= 15 is 0 Å². The van der Waals surface area contributed by atoms with Gasteiger partial charge in [0.1, 0.15) is 0 Å². The molecular weight excluding hydrogens is 150 g/mol. The SMILES string of the molecule is Cc1cncc(-c2cnc[nH]2)c1. The molecule has 0 fully saturated rings. The Balaban J connectivity index is 2.48. The summed E-state index contributed by atoms with van der Waals surface area (Å²) < 4.78 is 0. The fraction of sp³-hybridized carbons (Fsp3) is 0.111. The molecule has 3 heteroatoms.